The van der Waals surface area contributed by atoms with Gasteiger partial charge < -0.3 is 29.4 Å². The Morgan fingerprint density at radius 2 is 1.66 bits per heavy atom. The van der Waals surface area contributed by atoms with E-state index < -0.39 is 0 Å². The minimum atomic E-state index is 0.0525. The molecule has 0 spiro atoms. The monoisotopic (exact) mass is 472 g/mol. The third-order valence-corrected chi connectivity index (χ3v) is 6.55. The summed E-state index contributed by atoms with van der Waals surface area (Å²) >= 11 is 0. The number of hydrogen-bond acceptors (Lipinski definition) is 6. The summed E-state index contributed by atoms with van der Waals surface area (Å²) in [5.41, 5.74) is 4.05. The Hall–Kier alpha value is -3.87. The number of phenolic OH excluding ortho intramolecular Hbond substituents is 1. The third-order valence-electron chi connectivity index (χ3n) is 6.55. The van der Waals surface area contributed by atoms with Gasteiger partial charge in [0.1, 0.15) is 24.3 Å². The first-order valence-corrected chi connectivity index (χ1v) is 12.2. The van der Waals surface area contributed by atoms with E-state index in [9.17, 15) is 5.11 Å². The summed E-state index contributed by atoms with van der Waals surface area (Å²) in [6.45, 7) is 6.17. The summed E-state index contributed by atoms with van der Waals surface area (Å²) < 4.78 is 12.1. The van der Waals surface area contributed by atoms with Gasteiger partial charge in [0.05, 0.1) is 41.5 Å². The van der Waals surface area contributed by atoms with E-state index in [0.717, 1.165) is 34.8 Å². The Kier molecular flexibility index (Phi) is 6.40. The van der Waals surface area contributed by atoms with E-state index in [0.29, 0.717) is 19.8 Å². The summed E-state index contributed by atoms with van der Waals surface area (Å²) in [4.78, 5) is 12.9. The molecule has 0 fully saturated rings. The maximum atomic E-state index is 9.86. The lowest BCUT2D eigenvalue weighted by atomic mass is 10.1. The largest absolute Gasteiger partial charge is 0.508 e. The Labute approximate surface area is 205 Å². The normalized spacial score (nSPS) is 15.9. The standard InChI is InChI=1S/C28H32N4O3/c1-4-16-34-25-11-7-8-12-26(25)35-17-15-32-24-10-6-5-9-23(24)31(3)28(32)19(2)27-29-21-14-13-20(33)18-22(21)30-27/h5-14,18-19,28,33H,4,15-17H2,1-3H3,(H,29,30). The zero-order valence-corrected chi connectivity index (χ0v) is 20.4. The van der Waals surface area contributed by atoms with Crippen LogP contribution in [0.25, 0.3) is 11.0 Å². The number of likely N-dealkylation sites (N-methyl/N-ethyl adjacent to an activating group) is 1. The summed E-state index contributed by atoms with van der Waals surface area (Å²) in [6.07, 6.45) is 1.00. The number of aromatic nitrogens is 2. The van der Waals surface area contributed by atoms with Crippen LogP contribution in [-0.4, -0.2) is 48.0 Å². The molecule has 4 aromatic rings. The van der Waals surface area contributed by atoms with Gasteiger partial charge in [0.15, 0.2) is 11.5 Å². The number of nitrogens with one attached hydrogen (secondary N) is 1. The van der Waals surface area contributed by atoms with Gasteiger partial charge in [-0.05, 0) is 42.8 Å². The van der Waals surface area contributed by atoms with Crippen molar-refractivity contribution >= 4 is 22.4 Å². The molecule has 2 atom stereocenters. The number of nitrogens with zero attached hydrogens (tertiary/aromatic N) is 3. The molecule has 0 saturated carbocycles. The fraction of sp³-hybridized carbons (Fsp3) is 0.321. The molecule has 0 aliphatic carbocycles. The summed E-state index contributed by atoms with van der Waals surface area (Å²) in [5.74, 6) is 2.74. The minimum absolute atomic E-state index is 0.0525. The second-order valence-corrected chi connectivity index (χ2v) is 8.96. The molecule has 35 heavy (non-hydrogen) atoms. The van der Waals surface area contributed by atoms with Crippen molar-refractivity contribution in [2.45, 2.75) is 32.4 Å². The molecule has 2 heterocycles. The van der Waals surface area contributed by atoms with Crippen molar-refractivity contribution in [1.82, 2.24) is 9.97 Å². The Bertz CT molecular complexity index is 1300. The van der Waals surface area contributed by atoms with Gasteiger partial charge in [0.2, 0.25) is 0 Å². The van der Waals surface area contributed by atoms with Crippen LogP contribution in [0.1, 0.15) is 32.0 Å². The van der Waals surface area contributed by atoms with Gasteiger partial charge in [0.25, 0.3) is 0 Å². The van der Waals surface area contributed by atoms with Gasteiger partial charge in [-0.2, -0.15) is 0 Å². The highest BCUT2D eigenvalue weighted by Crippen LogP contribution is 2.42. The van der Waals surface area contributed by atoms with Crippen LogP contribution >= 0.6 is 0 Å². The highest BCUT2D eigenvalue weighted by molar-refractivity contribution is 5.79. The van der Waals surface area contributed by atoms with E-state index in [1.54, 1.807) is 12.1 Å². The van der Waals surface area contributed by atoms with Crippen LogP contribution in [0.5, 0.6) is 17.2 Å². The van der Waals surface area contributed by atoms with Gasteiger partial charge in [-0.25, -0.2) is 4.98 Å². The van der Waals surface area contributed by atoms with E-state index in [-0.39, 0.29) is 17.8 Å². The van der Waals surface area contributed by atoms with Crippen molar-refractivity contribution < 1.29 is 14.6 Å². The van der Waals surface area contributed by atoms with Gasteiger partial charge >= 0.3 is 0 Å². The highest BCUT2D eigenvalue weighted by Gasteiger charge is 2.38. The molecule has 0 radical (unpaired) electrons. The first kappa shape index (κ1) is 22.9. The second-order valence-electron chi connectivity index (χ2n) is 8.96. The van der Waals surface area contributed by atoms with Crippen LogP contribution in [0.15, 0.2) is 66.7 Å². The van der Waals surface area contributed by atoms with Crippen LogP contribution in [0.2, 0.25) is 0 Å². The highest BCUT2D eigenvalue weighted by atomic mass is 16.5. The van der Waals surface area contributed by atoms with Gasteiger partial charge in [0, 0.05) is 13.1 Å². The van der Waals surface area contributed by atoms with Gasteiger partial charge in [-0.1, -0.05) is 38.1 Å². The Morgan fingerprint density at radius 1 is 0.971 bits per heavy atom. The molecule has 2 N–H and O–H groups in total. The molecule has 5 rings (SSSR count). The first-order chi connectivity index (χ1) is 17.1. The van der Waals surface area contributed by atoms with E-state index in [2.05, 4.69) is 59.9 Å². The Morgan fingerprint density at radius 3 is 2.40 bits per heavy atom. The number of imidazole rings is 1. The maximum absolute atomic E-state index is 9.86. The van der Waals surface area contributed by atoms with Crippen LogP contribution in [-0.2, 0) is 0 Å². The number of H-pyrrole nitrogens is 1. The molecule has 0 amide bonds. The molecule has 182 valence electrons. The molecule has 2 unspecified atom stereocenters. The molecule has 3 aromatic carbocycles. The van der Waals surface area contributed by atoms with Crippen LogP contribution < -0.4 is 19.3 Å². The molecule has 0 saturated heterocycles. The van der Waals surface area contributed by atoms with Crippen molar-refractivity contribution in [1.29, 1.82) is 0 Å². The van der Waals surface area contributed by atoms with E-state index in [1.165, 1.54) is 11.4 Å². The van der Waals surface area contributed by atoms with E-state index in [1.807, 2.05) is 30.3 Å². The lowest BCUT2D eigenvalue weighted by Gasteiger charge is -2.34. The molecule has 1 aromatic heterocycles. The van der Waals surface area contributed by atoms with Crippen LogP contribution in [0.3, 0.4) is 0 Å². The zero-order valence-electron chi connectivity index (χ0n) is 20.4. The van der Waals surface area contributed by atoms with Gasteiger partial charge in [-0.3, -0.25) is 0 Å². The number of aromatic amines is 1. The van der Waals surface area contributed by atoms with Crippen molar-refractivity contribution in [2.75, 3.05) is 36.6 Å². The fourth-order valence-electron chi connectivity index (χ4n) is 4.89. The van der Waals surface area contributed by atoms with E-state index in [4.69, 9.17) is 14.5 Å². The number of phenols is 1. The number of rotatable bonds is 9. The Balaban J connectivity index is 1.38. The number of para-hydroxylation sites is 4. The van der Waals surface area contributed by atoms with E-state index >= 15 is 0 Å². The molecule has 7 nitrogen and oxygen atoms in total. The van der Waals surface area contributed by atoms with Crippen molar-refractivity contribution in [3.8, 4) is 17.2 Å². The number of hydrogen-bond donors (Lipinski definition) is 2. The average molecular weight is 473 g/mol. The van der Waals surface area contributed by atoms with Crippen molar-refractivity contribution in [2.24, 2.45) is 0 Å². The number of anilines is 2. The molecule has 0 bridgehead atoms. The number of ether oxygens (including phenoxy) is 2. The lowest BCUT2D eigenvalue weighted by Crippen LogP contribution is -2.46. The maximum Gasteiger partial charge on any atom is 0.161 e. The SMILES string of the molecule is CCCOc1ccccc1OCCN1c2ccccc2N(C)C1C(C)c1nc2ccc(O)cc2[nH]1. The minimum Gasteiger partial charge on any atom is -0.508 e. The quantitative estimate of drug-likeness (QED) is 0.334. The summed E-state index contributed by atoms with van der Waals surface area (Å²) in [5, 5.41) is 9.86. The summed E-state index contributed by atoms with van der Waals surface area (Å²) in [6, 6.07) is 21.5. The molecular formula is C28H32N4O3. The predicted molar refractivity (Wildman–Crippen MR) is 140 cm³/mol. The van der Waals surface area contributed by atoms with Gasteiger partial charge in [-0.15, -0.1) is 0 Å². The first-order valence-electron chi connectivity index (χ1n) is 12.2. The molecular weight excluding hydrogens is 440 g/mol. The topological polar surface area (TPSA) is 73.8 Å². The molecule has 1 aliphatic rings. The zero-order chi connectivity index (χ0) is 24.4. The van der Waals surface area contributed by atoms with Crippen LogP contribution in [0, 0.1) is 0 Å². The number of fused-ring (bicyclic) bond motifs is 2. The smallest absolute Gasteiger partial charge is 0.161 e. The number of aromatic hydroxyl groups is 1. The lowest BCUT2D eigenvalue weighted by molar-refractivity contribution is 0.269. The van der Waals surface area contributed by atoms with Crippen molar-refractivity contribution in [3.05, 3.63) is 72.6 Å². The molecule has 1 aliphatic heterocycles. The third kappa shape index (κ3) is 4.46. The van der Waals surface area contributed by atoms with Crippen molar-refractivity contribution in [3.63, 3.8) is 0 Å². The molecule has 7 heteroatoms. The summed E-state index contributed by atoms with van der Waals surface area (Å²) in [7, 11) is 2.13. The average Bonchev–Trinajstić information content (AvgIpc) is 3.42. The predicted octanol–water partition coefficient (Wildman–Crippen LogP) is 5.52. The fourth-order valence-corrected chi connectivity index (χ4v) is 4.89. The van der Waals surface area contributed by atoms with Crippen LogP contribution in [0.4, 0.5) is 11.4 Å². The second kappa shape index (κ2) is 9.78. The number of benzene rings is 3.